The number of carbonyl (C=O) groups is 2. The van der Waals surface area contributed by atoms with Crippen molar-refractivity contribution in [3.05, 3.63) is 64.7 Å². The molecule has 0 unspecified atom stereocenters. The standard InChI is InChI=1S/C19H22N2O3/c1-4-15-7-9-16(10-8-15)19(23)21-20-18(22)12-24-17-11-13(2)5-6-14(17)3/h5-11H,4,12H2,1-3H3,(H,20,22)(H,21,23). The zero-order valence-corrected chi connectivity index (χ0v) is 14.2. The SMILES string of the molecule is CCc1ccc(C(=O)NNC(=O)COc2cc(C)ccc2C)cc1. The molecule has 0 bridgehead atoms. The van der Waals surface area contributed by atoms with Crippen molar-refractivity contribution < 1.29 is 14.3 Å². The lowest BCUT2D eigenvalue weighted by atomic mass is 10.1. The molecule has 0 aromatic heterocycles. The molecule has 0 aliphatic rings. The molecule has 0 saturated carbocycles. The van der Waals surface area contributed by atoms with E-state index in [1.165, 1.54) is 0 Å². The maximum atomic E-state index is 12.0. The van der Waals surface area contributed by atoms with E-state index in [1.807, 2.05) is 51.1 Å². The molecule has 0 radical (unpaired) electrons. The second kappa shape index (κ2) is 8.15. The molecular weight excluding hydrogens is 304 g/mol. The lowest BCUT2D eigenvalue weighted by molar-refractivity contribution is -0.123. The highest BCUT2D eigenvalue weighted by molar-refractivity contribution is 5.95. The van der Waals surface area contributed by atoms with Crippen LogP contribution < -0.4 is 15.6 Å². The van der Waals surface area contributed by atoms with Crippen LogP contribution in [0.15, 0.2) is 42.5 Å². The molecule has 0 aliphatic heterocycles. The Morgan fingerprint density at radius 3 is 2.38 bits per heavy atom. The Kier molecular flexibility index (Phi) is 5.95. The van der Waals surface area contributed by atoms with Gasteiger partial charge >= 0.3 is 0 Å². The smallest absolute Gasteiger partial charge is 0.276 e. The zero-order valence-electron chi connectivity index (χ0n) is 14.2. The summed E-state index contributed by atoms with van der Waals surface area (Å²) in [5, 5.41) is 0. The van der Waals surface area contributed by atoms with Crippen LogP contribution in [0, 0.1) is 13.8 Å². The van der Waals surface area contributed by atoms with E-state index in [0.29, 0.717) is 11.3 Å². The minimum absolute atomic E-state index is 0.167. The summed E-state index contributed by atoms with van der Waals surface area (Å²) in [6.45, 7) is 5.75. The fourth-order valence-electron chi connectivity index (χ4n) is 2.13. The number of ether oxygens (including phenoxy) is 1. The molecular formula is C19H22N2O3. The quantitative estimate of drug-likeness (QED) is 0.830. The van der Waals surface area contributed by atoms with Crippen LogP contribution in [0.5, 0.6) is 5.75 Å². The number of rotatable bonds is 5. The average Bonchev–Trinajstić information content (AvgIpc) is 2.60. The Morgan fingerprint density at radius 1 is 1.00 bits per heavy atom. The third kappa shape index (κ3) is 4.84. The lowest BCUT2D eigenvalue weighted by Gasteiger charge is -2.11. The summed E-state index contributed by atoms with van der Waals surface area (Å²) in [6.07, 6.45) is 0.911. The van der Waals surface area contributed by atoms with Gasteiger partial charge in [0.05, 0.1) is 0 Å². The van der Waals surface area contributed by atoms with Gasteiger partial charge in [0.25, 0.3) is 11.8 Å². The van der Waals surface area contributed by atoms with Gasteiger partial charge < -0.3 is 4.74 Å². The van der Waals surface area contributed by atoms with Crippen LogP contribution in [-0.4, -0.2) is 18.4 Å². The molecule has 0 aliphatic carbocycles. The molecule has 2 N–H and O–H groups in total. The summed E-state index contributed by atoms with van der Waals surface area (Å²) < 4.78 is 5.48. The fourth-order valence-corrected chi connectivity index (χ4v) is 2.13. The van der Waals surface area contributed by atoms with Gasteiger partial charge in [-0.3, -0.25) is 20.4 Å². The van der Waals surface area contributed by atoms with Gasteiger partial charge in [0.15, 0.2) is 6.61 Å². The average molecular weight is 326 g/mol. The molecule has 0 saturated heterocycles. The van der Waals surface area contributed by atoms with Gasteiger partial charge in [0.2, 0.25) is 0 Å². The molecule has 2 rings (SSSR count). The number of carbonyl (C=O) groups excluding carboxylic acids is 2. The van der Waals surface area contributed by atoms with E-state index in [2.05, 4.69) is 10.9 Å². The first-order valence-corrected chi connectivity index (χ1v) is 7.87. The predicted molar refractivity (Wildman–Crippen MR) is 92.8 cm³/mol. The summed E-state index contributed by atoms with van der Waals surface area (Å²) in [4.78, 5) is 23.8. The van der Waals surface area contributed by atoms with Crippen LogP contribution in [-0.2, 0) is 11.2 Å². The molecule has 0 atom stereocenters. The Bertz CT molecular complexity index is 724. The van der Waals surface area contributed by atoms with Crippen LogP contribution in [0.4, 0.5) is 0 Å². The van der Waals surface area contributed by atoms with Crippen molar-refractivity contribution in [2.24, 2.45) is 0 Å². The number of benzene rings is 2. The molecule has 5 heteroatoms. The number of hydrogen-bond acceptors (Lipinski definition) is 3. The highest BCUT2D eigenvalue weighted by atomic mass is 16.5. The molecule has 0 fully saturated rings. The van der Waals surface area contributed by atoms with Crippen molar-refractivity contribution in [3.8, 4) is 5.75 Å². The highest BCUT2D eigenvalue weighted by Crippen LogP contribution is 2.18. The second-order valence-corrected chi connectivity index (χ2v) is 5.61. The second-order valence-electron chi connectivity index (χ2n) is 5.61. The van der Waals surface area contributed by atoms with Gasteiger partial charge in [-0.05, 0) is 55.2 Å². The largest absolute Gasteiger partial charge is 0.483 e. The molecule has 2 amide bonds. The van der Waals surface area contributed by atoms with Crippen molar-refractivity contribution in [2.45, 2.75) is 27.2 Å². The van der Waals surface area contributed by atoms with Gasteiger partial charge in [0.1, 0.15) is 5.75 Å². The first-order valence-electron chi connectivity index (χ1n) is 7.87. The van der Waals surface area contributed by atoms with E-state index in [4.69, 9.17) is 4.74 Å². The van der Waals surface area contributed by atoms with E-state index in [1.54, 1.807) is 12.1 Å². The third-order valence-corrected chi connectivity index (χ3v) is 3.64. The number of amides is 2. The van der Waals surface area contributed by atoms with E-state index in [-0.39, 0.29) is 12.5 Å². The number of nitrogens with one attached hydrogen (secondary N) is 2. The Labute approximate surface area is 142 Å². The minimum atomic E-state index is -0.422. The van der Waals surface area contributed by atoms with Crippen molar-refractivity contribution in [1.82, 2.24) is 10.9 Å². The zero-order chi connectivity index (χ0) is 17.5. The maximum Gasteiger partial charge on any atom is 0.276 e. The van der Waals surface area contributed by atoms with Crippen LogP contribution in [0.2, 0.25) is 0 Å². The van der Waals surface area contributed by atoms with Crippen molar-refractivity contribution in [2.75, 3.05) is 6.61 Å². The molecule has 0 spiro atoms. The molecule has 5 nitrogen and oxygen atoms in total. The van der Waals surface area contributed by atoms with Gasteiger partial charge in [-0.1, -0.05) is 31.2 Å². The van der Waals surface area contributed by atoms with E-state index in [0.717, 1.165) is 23.1 Å². The van der Waals surface area contributed by atoms with Gasteiger partial charge in [-0.25, -0.2) is 0 Å². The minimum Gasteiger partial charge on any atom is -0.483 e. The molecule has 2 aromatic rings. The third-order valence-electron chi connectivity index (χ3n) is 3.64. The Morgan fingerprint density at radius 2 is 1.71 bits per heavy atom. The fraction of sp³-hybridized carbons (Fsp3) is 0.263. The molecule has 24 heavy (non-hydrogen) atoms. The number of hydrazine groups is 1. The van der Waals surface area contributed by atoms with Crippen molar-refractivity contribution in [1.29, 1.82) is 0 Å². The maximum absolute atomic E-state index is 12.0. The Hall–Kier alpha value is -2.82. The van der Waals surface area contributed by atoms with Gasteiger partial charge in [0, 0.05) is 5.56 Å². The normalized spacial score (nSPS) is 10.1. The first-order chi connectivity index (χ1) is 11.5. The van der Waals surface area contributed by atoms with Crippen molar-refractivity contribution in [3.63, 3.8) is 0 Å². The summed E-state index contributed by atoms with van der Waals surface area (Å²) in [7, 11) is 0. The Balaban J connectivity index is 1.82. The molecule has 2 aromatic carbocycles. The van der Waals surface area contributed by atoms with Crippen molar-refractivity contribution >= 4 is 11.8 Å². The predicted octanol–water partition coefficient (Wildman–Crippen LogP) is 2.71. The van der Waals surface area contributed by atoms with Crippen LogP contribution in [0.1, 0.15) is 34.0 Å². The summed E-state index contributed by atoms with van der Waals surface area (Å²) in [6, 6.07) is 13.0. The monoisotopic (exact) mass is 326 g/mol. The molecule has 126 valence electrons. The summed E-state index contributed by atoms with van der Waals surface area (Å²) >= 11 is 0. The van der Waals surface area contributed by atoms with E-state index >= 15 is 0 Å². The summed E-state index contributed by atoms with van der Waals surface area (Å²) in [5.41, 5.74) is 8.38. The topological polar surface area (TPSA) is 67.4 Å². The lowest BCUT2D eigenvalue weighted by Crippen LogP contribution is -2.43. The van der Waals surface area contributed by atoms with Gasteiger partial charge in [-0.2, -0.15) is 0 Å². The van der Waals surface area contributed by atoms with E-state index in [9.17, 15) is 9.59 Å². The van der Waals surface area contributed by atoms with Crippen LogP contribution >= 0.6 is 0 Å². The first kappa shape index (κ1) is 17.5. The van der Waals surface area contributed by atoms with Crippen LogP contribution in [0.3, 0.4) is 0 Å². The molecule has 0 heterocycles. The summed E-state index contributed by atoms with van der Waals surface area (Å²) in [5.74, 6) is -0.126. The highest BCUT2D eigenvalue weighted by Gasteiger charge is 2.08. The number of aryl methyl sites for hydroxylation is 3. The van der Waals surface area contributed by atoms with Crippen LogP contribution in [0.25, 0.3) is 0 Å². The van der Waals surface area contributed by atoms with E-state index < -0.39 is 5.91 Å². The number of hydrogen-bond donors (Lipinski definition) is 2. The van der Waals surface area contributed by atoms with Gasteiger partial charge in [-0.15, -0.1) is 0 Å².